The molecule has 0 aliphatic heterocycles. The van der Waals surface area contributed by atoms with Gasteiger partial charge in [0.1, 0.15) is 5.75 Å². The lowest BCUT2D eigenvalue weighted by Gasteiger charge is -2.18. The Balaban J connectivity index is 1.72. The summed E-state index contributed by atoms with van der Waals surface area (Å²) < 4.78 is 11.1. The summed E-state index contributed by atoms with van der Waals surface area (Å²) in [6.45, 7) is 2.09. The first-order valence-electron chi connectivity index (χ1n) is 8.87. The van der Waals surface area contributed by atoms with E-state index in [0.717, 1.165) is 22.6 Å². The van der Waals surface area contributed by atoms with E-state index in [9.17, 15) is 4.79 Å². The maximum absolute atomic E-state index is 12.3. The minimum absolute atomic E-state index is 0.311. The van der Waals surface area contributed by atoms with Gasteiger partial charge in [0, 0.05) is 10.6 Å². The van der Waals surface area contributed by atoms with Crippen LogP contribution in [0, 0.1) is 0 Å². The zero-order chi connectivity index (χ0) is 19.1. The van der Waals surface area contributed by atoms with Crippen molar-refractivity contribution in [2.45, 2.75) is 19.4 Å². The van der Waals surface area contributed by atoms with E-state index in [1.54, 1.807) is 6.92 Å². The highest BCUT2D eigenvalue weighted by Gasteiger charge is 2.23. The van der Waals surface area contributed by atoms with Gasteiger partial charge in [0.2, 0.25) is 6.10 Å². The summed E-state index contributed by atoms with van der Waals surface area (Å²) in [4.78, 5) is 12.3. The number of hydrogen-bond donors (Lipinski definition) is 0. The van der Waals surface area contributed by atoms with Crippen molar-refractivity contribution in [3.8, 4) is 5.75 Å². The topological polar surface area (TPSA) is 35.5 Å². The number of rotatable bonds is 7. The molecule has 0 saturated heterocycles. The summed E-state index contributed by atoms with van der Waals surface area (Å²) in [7, 11) is 0. The molecule has 0 fully saturated rings. The van der Waals surface area contributed by atoms with Gasteiger partial charge in [0.15, 0.2) is 0 Å². The van der Waals surface area contributed by atoms with Crippen LogP contribution < -0.4 is 4.74 Å². The second-order valence-corrected chi connectivity index (χ2v) is 6.54. The van der Waals surface area contributed by atoms with Crippen LogP contribution in [0.1, 0.15) is 29.7 Å². The molecule has 3 nitrogen and oxygen atoms in total. The minimum atomic E-state index is -0.784. The standard InChI is InChI=1S/C23H21ClO3/c1-2-26-23(25)22(19-6-4-3-5-7-19)27-21-14-10-18(11-15-21)16-17-8-12-20(24)13-9-17/h3-15,22H,2,16H2,1H3. The van der Waals surface area contributed by atoms with Crippen LogP contribution in [0.2, 0.25) is 5.02 Å². The lowest BCUT2D eigenvalue weighted by atomic mass is 10.0. The Morgan fingerprint density at radius 3 is 2.07 bits per heavy atom. The zero-order valence-corrected chi connectivity index (χ0v) is 15.9. The summed E-state index contributed by atoms with van der Waals surface area (Å²) in [5.74, 6) is 0.228. The fourth-order valence-corrected chi connectivity index (χ4v) is 2.88. The molecule has 3 aromatic rings. The summed E-state index contributed by atoms with van der Waals surface area (Å²) in [5, 5.41) is 0.730. The number of benzene rings is 3. The van der Waals surface area contributed by atoms with Crippen LogP contribution in [0.3, 0.4) is 0 Å². The van der Waals surface area contributed by atoms with Crippen molar-refractivity contribution in [3.63, 3.8) is 0 Å². The SMILES string of the molecule is CCOC(=O)C(Oc1ccc(Cc2ccc(Cl)cc2)cc1)c1ccccc1. The van der Waals surface area contributed by atoms with Gasteiger partial charge in [-0.25, -0.2) is 4.79 Å². The molecule has 0 aromatic heterocycles. The molecule has 0 aliphatic carbocycles. The molecule has 1 unspecified atom stereocenters. The third kappa shape index (κ3) is 5.35. The van der Waals surface area contributed by atoms with Crippen LogP contribution in [0.15, 0.2) is 78.9 Å². The molecule has 4 heteroatoms. The Hall–Kier alpha value is -2.78. The smallest absolute Gasteiger partial charge is 0.352 e. The molecule has 138 valence electrons. The maximum Gasteiger partial charge on any atom is 0.352 e. The van der Waals surface area contributed by atoms with Crippen molar-refractivity contribution in [3.05, 3.63) is 101 Å². The third-order valence-electron chi connectivity index (χ3n) is 4.10. The van der Waals surface area contributed by atoms with Crippen molar-refractivity contribution in [2.75, 3.05) is 6.61 Å². The monoisotopic (exact) mass is 380 g/mol. The largest absolute Gasteiger partial charge is 0.474 e. The second-order valence-electron chi connectivity index (χ2n) is 6.11. The van der Waals surface area contributed by atoms with Crippen molar-refractivity contribution in [1.29, 1.82) is 0 Å². The van der Waals surface area contributed by atoms with Gasteiger partial charge in [0.25, 0.3) is 0 Å². The quantitative estimate of drug-likeness (QED) is 0.499. The predicted molar refractivity (Wildman–Crippen MR) is 107 cm³/mol. The van der Waals surface area contributed by atoms with Gasteiger partial charge in [-0.05, 0) is 48.7 Å². The number of ether oxygens (including phenoxy) is 2. The first-order chi connectivity index (χ1) is 13.2. The molecule has 1 atom stereocenters. The van der Waals surface area contributed by atoms with Gasteiger partial charge in [-0.1, -0.05) is 66.2 Å². The minimum Gasteiger partial charge on any atom is -0.474 e. The lowest BCUT2D eigenvalue weighted by Crippen LogP contribution is -2.21. The van der Waals surface area contributed by atoms with Crippen LogP contribution in [-0.2, 0) is 16.0 Å². The molecule has 3 aromatic carbocycles. The molecule has 27 heavy (non-hydrogen) atoms. The highest BCUT2D eigenvalue weighted by atomic mass is 35.5. The summed E-state index contributed by atoms with van der Waals surface area (Å²) >= 11 is 5.93. The van der Waals surface area contributed by atoms with Crippen LogP contribution in [-0.4, -0.2) is 12.6 Å². The summed E-state index contributed by atoms with van der Waals surface area (Å²) in [5.41, 5.74) is 3.10. The third-order valence-corrected chi connectivity index (χ3v) is 4.35. The number of hydrogen-bond acceptors (Lipinski definition) is 3. The van der Waals surface area contributed by atoms with E-state index < -0.39 is 12.1 Å². The predicted octanol–water partition coefficient (Wildman–Crippen LogP) is 5.61. The second kappa shape index (κ2) is 9.24. The lowest BCUT2D eigenvalue weighted by molar-refractivity contribution is -0.151. The van der Waals surface area contributed by atoms with E-state index in [0.29, 0.717) is 12.4 Å². The molecular weight excluding hydrogens is 360 g/mol. The fraction of sp³-hybridized carbons (Fsp3) is 0.174. The van der Waals surface area contributed by atoms with Crippen molar-refractivity contribution in [1.82, 2.24) is 0 Å². The highest BCUT2D eigenvalue weighted by Crippen LogP contribution is 2.24. The Kier molecular flexibility index (Phi) is 6.50. The van der Waals surface area contributed by atoms with Crippen LogP contribution in [0.25, 0.3) is 0 Å². The van der Waals surface area contributed by atoms with Gasteiger partial charge >= 0.3 is 5.97 Å². The van der Waals surface area contributed by atoms with Gasteiger partial charge in [-0.15, -0.1) is 0 Å². The van der Waals surface area contributed by atoms with E-state index in [1.807, 2.05) is 78.9 Å². The van der Waals surface area contributed by atoms with Crippen molar-refractivity contribution < 1.29 is 14.3 Å². The van der Waals surface area contributed by atoms with E-state index in [1.165, 1.54) is 5.56 Å². The van der Waals surface area contributed by atoms with Crippen LogP contribution >= 0.6 is 11.6 Å². The fourth-order valence-electron chi connectivity index (χ4n) is 2.76. The van der Waals surface area contributed by atoms with Gasteiger partial charge in [-0.2, -0.15) is 0 Å². The van der Waals surface area contributed by atoms with Crippen molar-refractivity contribution in [2.24, 2.45) is 0 Å². The Bertz CT molecular complexity index is 858. The molecule has 0 heterocycles. The molecule has 0 amide bonds. The normalized spacial score (nSPS) is 11.6. The molecule has 3 rings (SSSR count). The average molecular weight is 381 g/mol. The maximum atomic E-state index is 12.3. The Morgan fingerprint density at radius 1 is 0.889 bits per heavy atom. The van der Waals surface area contributed by atoms with Gasteiger partial charge in [0.05, 0.1) is 6.61 Å². The van der Waals surface area contributed by atoms with Crippen LogP contribution in [0.4, 0.5) is 0 Å². The first-order valence-corrected chi connectivity index (χ1v) is 9.25. The first kappa shape index (κ1) is 19.0. The molecule has 0 aliphatic rings. The highest BCUT2D eigenvalue weighted by molar-refractivity contribution is 6.30. The summed E-state index contributed by atoms with van der Waals surface area (Å²) in [6.07, 6.45) is 0.0190. The van der Waals surface area contributed by atoms with E-state index in [2.05, 4.69) is 0 Å². The molecule has 0 bridgehead atoms. The summed E-state index contributed by atoms with van der Waals surface area (Å²) in [6, 6.07) is 24.9. The van der Waals surface area contributed by atoms with Crippen LogP contribution in [0.5, 0.6) is 5.75 Å². The molecule has 0 radical (unpaired) electrons. The number of carbonyl (C=O) groups excluding carboxylic acids is 1. The average Bonchev–Trinajstić information content (AvgIpc) is 2.70. The van der Waals surface area contributed by atoms with Crippen molar-refractivity contribution >= 4 is 17.6 Å². The number of esters is 1. The zero-order valence-electron chi connectivity index (χ0n) is 15.1. The van der Waals surface area contributed by atoms with Gasteiger partial charge in [-0.3, -0.25) is 0 Å². The van der Waals surface area contributed by atoms with E-state index in [-0.39, 0.29) is 0 Å². The Labute approximate surface area is 164 Å². The van der Waals surface area contributed by atoms with E-state index in [4.69, 9.17) is 21.1 Å². The number of carbonyl (C=O) groups is 1. The Morgan fingerprint density at radius 2 is 1.48 bits per heavy atom. The number of halogens is 1. The molecular formula is C23H21ClO3. The van der Waals surface area contributed by atoms with Gasteiger partial charge < -0.3 is 9.47 Å². The van der Waals surface area contributed by atoms with E-state index >= 15 is 0 Å². The molecule has 0 spiro atoms. The molecule has 0 saturated carbocycles. The molecule has 0 N–H and O–H groups in total.